The summed E-state index contributed by atoms with van der Waals surface area (Å²) in [6.07, 6.45) is 4.58. The molecule has 3 heterocycles. The maximum Gasteiger partial charge on any atom is 0.411 e. The highest BCUT2D eigenvalue weighted by Crippen LogP contribution is 2.37. The zero-order chi connectivity index (χ0) is 21.3. The fourth-order valence-corrected chi connectivity index (χ4v) is 4.64. The Balaban J connectivity index is 1.44. The van der Waals surface area contributed by atoms with Crippen LogP contribution in [0.1, 0.15) is 12.8 Å². The number of sulfonamides is 1. The van der Waals surface area contributed by atoms with Gasteiger partial charge in [0.25, 0.3) is 0 Å². The van der Waals surface area contributed by atoms with Gasteiger partial charge in [-0.25, -0.2) is 27.5 Å². The van der Waals surface area contributed by atoms with Crippen molar-refractivity contribution in [3.05, 3.63) is 36.7 Å². The summed E-state index contributed by atoms with van der Waals surface area (Å²) in [6.45, 7) is 1.67. The highest BCUT2D eigenvalue weighted by Gasteiger charge is 2.28. The van der Waals surface area contributed by atoms with Gasteiger partial charge in [-0.05, 0) is 25.0 Å². The summed E-state index contributed by atoms with van der Waals surface area (Å²) >= 11 is 0. The van der Waals surface area contributed by atoms with Gasteiger partial charge in [0.2, 0.25) is 10.0 Å². The second-order valence-electron chi connectivity index (χ2n) is 7.28. The van der Waals surface area contributed by atoms with Gasteiger partial charge >= 0.3 is 12.1 Å². The molecule has 10 nitrogen and oxygen atoms in total. The number of amides is 1. The molecule has 2 aromatic rings. The molecule has 30 heavy (non-hydrogen) atoms. The number of hydrogen-bond acceptors (Lipinski definition) is 7. The predicted molar refractivity (Wildman–Crippen MR) is 111 cm³/mol. The average Bonchev–Trinajstić information content (AvgIpc) is 2.73. The van der Waals surface area contributed by atoms with E-state index < -0.39 is 16.1 Å². The number of carboxylic acid groups (broad SMARTS) is 1. The zero-order valence-corrected chi connectivity index (χ0v) is 17.3. The van der Waals surface area contributed by atoms with Crippen molar-refractivity contribution in [1.82, 2.24) is 14.3 Å². The Morgan fingerprint density at radius 1 is 1.07 bits per heavy atom. The minimum atomic E-state index is -3.17. The molecule has 0 radical (unpaired) electrons. The highest BCUT2D eigenvalue weighted by molar-refractivity contribution is 7.88. The summed E-state index contributed by atoms with van der Waals surface area (Å²) in [5, 5.41) is 9.42. The maximum atomic E-state index is 11.6. The molecule has 160 valence electrons. The predicted octanol–water partition coefficient (Wildman–Crippen LogP) is 1.92. The van der Waals surface area contributed by atoms with Crippen molar-refractivity contribution < 1.29 is 23.1 Å². The lowest BCUT2D eigenvalue weighted by Gasteiger charge is -2.36. The first kappa shape index (κ1) is 20.4. The summed E-state index contributed by atoms with van der Waals surface area (Å²) in [5.74, 6) is 0. The molecule has 2 aliphatic heterocycles. The van der Waals surface area contributed by atoms with Crippen molar-refractivity contribution in [3.8, 4) is 6.01 Å². The van der Waals surface area contributed by atoms with E-state index in [1.807, 2.05) is 17.0 Å². The first-order chi connectivity index (χ1) is 14.3. The summed E-state index contributed by atoms with van der Waals surface area (Å²) in [7, 11) is -3.17. The number of carbonyl (C=O) groups is 1. The minimum Gasteiger partial charge on any atom is -0.465 e. The number of fused-ring (bicyclic) bond motifs is 1. The van der Waals surface area contributed by atoms with Gasteiger partial charge in [-0.2, -0.15) is 0 Å². The topological polar surface area (TPSA) is 116 Å². The molecule has 1 fully saturated rings. The molecule has 0 saturated carbocycles. The van der Waals surface area contributed by atoms with E-state index in [1.165, 1.54) is 15.5 Å². The Kier molecular flexibility index (Phi) is 5.48. The first-order valence-electron chi connectivity index (χ1n) is 9.64. The van der Waals surface area contributed by atoms with Crippen molar-refractivity contribution in [3.63, 3.8) is 0 Å². The lowest BCUT2D eigenvalue weighted by atomic mass is 10.1. The third kappa shape index (κ3) is 4.17. The maximum absolute atomic E-state index is 11.6. The SMILES string of the molecule is CS(=O)(=O)N1CCC(Oc2ncc(N3CCN(C(=O)O)c4ccccc43)cn2)CC1. The summed E-state index contributed by atoms with van der Waals surface area (Å²) in [5.41, 5.74) is 2.14. The van der Waals surface area contributed by atoms with Gasteiger partial charge in [0.1, 0.15) is 6.10 Å². The molecular formula is C19H23N5O5S. The van der Waals surface area contributed by atoms with E-state index in [0.29, 0.717) is 44.7 Å². The van der Waals surface area contributed by atoms with Gasteiger partial charge in [0.15, 0.2) is 0 Å². The van der Waals surface area contributed by atoms with E-state index in [0.717, 1.165) is 11.4 Å². The third-order valence-electron chi connectivity index (χ3n) is 5.31. The normalized spacial score (nSPS) is 18.2. The largest absolute Gasteiger partial charge is 0.465 e. The minimum absolute atomic E-state index is 0.131. The Bertz CT molecular complexity index is 1020. The van der Waals surface area contributed by atoms with E-state index in [4.69, 9.17) is 4.74 Å². The first-order valence-corrected chi connectivity index (χ1v) is 11.5. The smallest absolute Gasteiger partial charge is 0.411 e. The van der Waals surface area contributed by atoms with Gasteiger partial charge < -0.3 is 14.7 Å². The quantitative estimate of drug-likeness (QED) is 0.777. The summed E-state index contributed by atoms with van der Waals surface area (Å²) in [4.78, 5) is 23.4. The Morgan fingerprint density at radius 3 is 2.30 bits per heavy atom. The number of ether oxygens (including phenoxy) is 1. The van der Waals surface area contributed by atoms with Crippen molar-refractivity contribution in [1.29, 1.82) is 0 Å². The number of piperidine rings is 1. The van der Waals surface area contributed by atoms with Gasteiger partial charge in [0, 0.05) is 26.2 Å². The molecule has 1 aromatic carbocycles. The molecule has 1 amide bonds. The van der Waals surface area contributed by atoms with Crippen LogP contribution in [0.2, 0.25) is 0 Å². The van der Waals surface area contributed by atoms with E-state index in [9.17, 15) is 18.3 Å². The standard InChI is InChI=1S/C19H23N5O5S/c1-30(27,28)22-8-6-15(7-9-22)29-18-20-12-14(13-21-18)23-10-11-24(19(25)26)17-5-3-2-4-16(17)23/h2-5,12-13,15H,6-11H2,1H3,(H,25,26). The number of rotatable bonds is 4. The van der Waals surface area contributed by atoms with Gasteiger partial charge in [-0.15, -0.1) is 0 Å². The third-order valence-corrected chi connectivity index (χ3v) is 6.61. The number of anilines is 3. The van der Waals surface area contributed by atoms with Crippen LogP contribution in [0.25, 0.3) is 0 Å². The molecule has 0 bridgehead atoms. The molecule has 2 aliphatic rings. The van der Waals surface area contributed by atoms with E-state index in [-0.39, 0.29) is 12.1 Å². The number of nitrogens with zero attached hydrogens (tertiary/aromatic N) is 5. The van der Waals surface area contributed by atoms with Crippen molar-refractivity contribution in [2.24, 2.45) is 0 Å². The second kappa shape index (κ2) is 8.07. The van der Waals surface area contributed by atoms with Gasteiger partial charge in [-0.3, -0.25) is 4.90 Å². The highest BCUT2D eigenvalue weighted by atomic mass is 32.2. The van der Waals surface area contributed by atoms with Crippen LogP contribution in [0.15, 0.2) is 36.7 Å². The van der Waals surface area contributed by atoms with Crippen molar-refractivity contribution in [2.75, 3.05) is 42.2 Å². The van der Waals surface area contributed by atoms with Crippen LogP contribution in [0.5, 0.6) is 6.01 Å². The lowest BCUT2D eigenvalue weighted by molar-refractivity contribution is 0.124. The zero-order valence-electron chi connectivity index (χ0n) is 16.5. The molecule has 1 N–H and O–H groups in total. The molecule has 0 aliphatic carbocycles. The van der Waals surface area contributed by atoms with Crippen molar-refractivity contribution >= 4 is 33.2 Å². The second-order valence-corrected chi connectivity index (χ2v) is 9.26. The Morgan fingerprint density at radius 2 is 1.70 bits per heavy atom. The van der Waals surface area contributed by atoms with Crippen molar-refractivity contribution in [2.45, 2.75) is 18.9 Å². The van der Waals surface area contributed by atoms with Crippen LogP contribution < -0.4 is 14.5 Å². The number of aromatic nitrogens is 2. The summed E-state index contributed by atoms with van der Waals surface area (Å²) < 4.78 is 30.5. The van der Waals surface area contributed by atoms with Gasteiger partial charge in [0.05, 0.1) is 35.7 Å². The van der Waals surface area contributed by atoms with E-state index in [2.05, 4.69) is 9.97 Å². The monoisotopic (exact) mass is 433 g/mol. The molecule has 11 heteroatoms. The molecule has 0 unspecified atom stereocenters. The molecule has 1 aromatic heterocycles. The Labute approximate surface area is 174 Å². The van der Waals surface area contributed by atoms with E-state index >= 15 is 0 Å². The molecular weight excluding hydrogens is 410 g/mol. The molecule has 4 rings (SSSR count). The van der Waals surface area contributed by atoms with Crippen LogP contribution in [-0.4, -0.2) is 72.4 Å². The van der Waals surface area contributed by atoms with Crippen LogP contribution in [-0.2, 0) is 10.0 Å². The van der Waals surface area contributed by atoms with Crippen LogP contribution in [0.4, 0.5) is 21.9 Å². The fourth-order valence-electron chi connectivity index (χ4n) is 3.77. The van der Waals surface area contributed by atoms with Gasteiger partial charge in [-0.1, -0.05) is 12.1 Å². The number of hydrogen-bond donors (Lipinski definition) is 1. The van der Waals surface area contributed by atoms with Crippen LogP contribution in [0, 0.1) is 0 Å². The average molecular weight is 433 g/mol. The number of para-hydroxylation sites is 2. The molecule has 0 spiro atoms. The molecule has 1 saturated heterocycles. The number of benzene rings is 1. The van der Waals surface area contributed by atoms with Crippen LogP contribution in [0.3, 0.4) is 0 Å². The lowest BCUT2D eigenvalue weighted by Crippen LogP contribution is -2.42. The molecule has 0 atom stereocenters. The fraction of sp³-hybridized carbons (Fsp3) is 0.421. The van der Waals surface area contributed by atoms with E-state index in [1.54, 1.807) is 24.5 Å². The summed E-state index contributed by atoms with van der Waals surface area (Å²) in [6, 6.07) is 7.55. The van der Waals surface area contributed by atoms with Crippen LogP contribution >= 0.6 is 0 Å². The Hall–Kier alpha value is -2.92.